The predicted molar refractivity (Wildman–Crippen MR) is 174 cm³/mol. The standard InChI is InChI=1S/C33H55N5O7S/c1-30(2,3)25(36-29(43)37-33(14-10-9-11-15-33)18-46(44,45)31(4,5)6)28(42)38-17-20-22(32(20,7)8)23(38)27(41)35-21(16-19-12-13-19)24(39)26(34)40/h19-23,25H,9-18H2,1-8H3,(H2,34,40)(H,35,41)(H2,36,37,43)/t20?,21?,22?,23?,25-/m1/s1. The van der Waals surface area contributed by atoms with E-state index >= 15 is 0 Å². The number of sulfone groups is 1. The summed E-state index contributed by atoms with van der Waals surface area (Å²) in [7, 11) is -3.56. The fourth-order valence-corrected chi connectivity index (χ4v) is 9.02. The summed E-state index contributed by atoms with van der Waals surface area (Å²) < 4.78 is 25.5. The maximum absolute atomic E-state index is 14.3. The van der Waals surface area contributed by atoms with Gasteiger partial charge >= 0.3 is 6.03 Å². The highest BCUT2D eigenvalue weighted by Crippen LogP contribution is 2.65. The third-order valence-electron chi connectivity index (χ3n) is 10.9. The number of rotatable bonds is 11. The number of carbonyl (C=O) groups is 5. The molecule has 4 fully saturated rings. The van der Waals surface area contributed by atoms with E-state index in [4.69, 9.17) is 5.73 Å². The van der Waals surface area contributed by atoms with Gasteiger partial charge in [-0.25, -0.2) is 13.2 Å². The Morgan fingerprint density at radius 1 is 0.935 bits per heavy atom. The van der Waals surface area contributed by atoms with Gasteiger partial charge in [-0.3, -0.25) is 19.2 Å². The van der Waals surface area contributed by atoms with Gasteiger partial charge in [0.15, 0.2) is 9.84 Å². The van der Waals surface area contributed by atoms with Crippen LogP contribution in [0.5, 0.6) is 0 Å². The van der Waals surface area contributed by atoms with Crippen molar-refractivity contribution >= 4 is 39.4 Å². The van der Waals surface area contributed by atoms with Crippen molar-refractivity contribution in [3.8, 4) is 0 Å². The van der Waals surface area contributed by atoms with Gasteiger partial charge in [-0.2, -0.15) is 0 Å². The van der Waals surface area contributed by atoms with Crippen molar-refractivity contribution in [1.82, 2.24) is 20.9 Å². The van der Waals surface area contributed by atoms with E-state index in [0.29, 0.717) is 25.8 Å². The predicted octanol–water partition coefficient (Wildman–Crippen LogP) is 2.44. The van der Waals surface area contributed by atoms with Crippen LogP contribution < -0.4 is 21.7 Å². The molecule has 0 aromatic carbocycles. The largest absolute Gasteiger partial charge is 0.363 e. The van der Waals surface area contributed by atoms with Crippen LogP contribution in [-0.2, 0) is 29.0 Å². The van der Waals surface area contributed by atoms with Gasteiger partial charge in [0.05, 0.1) is 22.1 Å². The van der Waals surface area contributed by atoms with Crippen LogP contribution in [0.3, 0.4) is 0 Å². The Labute approximate surface area is 274 Å². The molecule has 3 aliphatic carbocycles. The Balaban J connectivity index is 1.55. The van der Waals surface area contributed by atoms with Crippen LogP contribution in [0.15, 0.2) is 0 Å². The van der Waals surface area contributed by atoms with Crippen molar-refractivity contribution in [1.29, 1.82) is 0 Å². The maximum atomic E-state index is 14.3. The molecular formula is C33H55N5O7S. The van der Waals surface area contributed by atoms with Gasteiger partial charge in [0, 0.05) is 6.54 Å². The molecule has 12 nitrogen and oxygen atoms in total. The highest BCUT2D eigenvalue weighted by Gasteiger charge is 2.70. The molecule has 4 aliphatic rings. The molecule has 4 rings (SSSR count). The topological polar surface area (TPSA) is 185 Å². The first-order valence-electron chi connectivity index (χ1n) is 16.8. The summed E-state index contributed by atoms with van der Waals surface area (Å²) in [6.45, 7) is 14.8. The smallest absolute Gasteiger partial charge is 0.315 e. The van der Waals surface area contributed by atoms with E-state index in [1.807, 2.05) is 34.6 Å². The number of hydrogen-bond acceptors (Lipinski definition) is 7. The molecule has 5 atom stereocenters. The monoisotopic (exact) mass is 665 g/mol. The van der Waals surface area contributed by atoms with Gasteiger partial charge in [0.25, 0.3) is 5.91 Å². The first kappa shape index (κ1) is 36.1. The lowest BCUT2D eigenvalue weighted by atomic mass is 9.83. The Morgan fingerprint density at radius 2 is 1.52 bits per heavy atom. The number of hydrogen-bond donors (Lipinski definition) is 4. The number of Topliss-reactive ketones (excluding diaryl/α,β-unsaturated/α-hetero) is 1. The quantitative estimate of drug-likeness (QED) is 0.244. The van der Waals surface area contributed by atoms with Crippen LogP contribution in [-0.4, -0.2) is 83.6 Å². The zero-order valence-electron chi connectivity index (χ0n) is 28.8. The molecule has 0 radical (unpaired) electrons. The number of ketones is 1. The number of nitrogens with one attached hydrogen (secondary N) is 3. The third-order valence-corrected chi connectivity index (χ3v) is 13.7. The van der Waals surface area contributed by atoms with Gasteiger partial charge < -0.3 is 26.6 Å². The number of likely N-dealkylation sites (tertiary alicyclic amines) is 1. The number of urea groups is 1. The van der Waals surface area contributed by atoms with E-state index in [1.54, 1.807) is 20.8 Å². The van der Waals surface area contributed by atoms with Crippen LogP contribution in [0.2, 0.25) is 0 Å². The molecule has 5 amide bonds. The minimum atomic E-state index is -3.56. The molecule has 0 aromatic heterocycles. The summed E-state index contributed by atoms with van der Waals surface area (Å²) in [4.78, 5) is 67.8. The van der Waals surface area contributed by atoms with Gasteiger partial charge in [-0.15, -0.1) is 0 Å². The number of fused-ring (bicyclic) bond motifs is 1. The summed E-state index contributed by atoms with van der Waals surface area (Å²) in [6.07, 6.45) is 5.70. The molecule has 46 heavy (non-hydrogen) atoms. The van der Waals surface area contributed by atoms with E-state index in [0.717, 1.165) is 32.1 Å². The zero-order valence-corrected chi connectivity index (χ0v) is 29.6. The minimum Gasteiger partial charge on any atom is -0.363 e. The molecule has 1 aliphatic heterocycles. The molecule has 13 heteroatoms. The van der Waals surface area contributed by atoms with Crippen LogP contribution in [0.25, 0.3) is 0 Å². The van der Waals surface area contributed by atoms with E-state index in [9.17, 15) is 32.4 Å². The normalized spacial score (nSPS) is 26.7. The van der Waals surface area contributed by atoms with Crippen molar-refractivity contribution in [2.45, 2.75) is 135 Å². The molecule has 260 valence electrons. The van der Waals surface area contributed by atoms with Gasteiger partial charge in [-0.1, -0.05) is 66.7 Å². The van der Waals surface area contributed by atoms with Crippen molar-refractivity contribution < 1.29 is 32.4 Å². The Morgan fingerprint density at radius 3 is 2.02 bits per heavy atom. The number of nitrogens with zero attached hydrogens (tertiary/aromatic N) is 1. The molecule has 0 spiro atoms. The lowest BCUT2D eigenvalue weighted by Gasteiger charge is -2.41. The van der Waals surface area contributed by atoms with Crippen LogP contribution in [0.1, 0.15) is 107 Å². The number of piperidine rings is 1. The van der Waals surface area contributed by atoms with Crippen molar-refractivity contribution in [2.75, 3.05) is 12.3 Å². The molecule has 5 N–H and O–H groups in total. The summed E-state index contributed by atoms with van der Waals surface area (Å²) in [5, 5.41) is 8.61. The van der Waals surface area contributed by atoms with Crippen LogP contribution >= 0.6 is 0 Å². The third kappa shape index (κ3) is 7.54. The van der Waals surface area contributed by atoms with Gasteiger partial charge in [0.1, 0.15) is 12.1 Å². The highest BCUT2D eigenvalue weighted by molar-refractivity contribution is 7.92. The zero-order chi connectivity index (χ0) is 34.6. The number of nitrogens with two attached hydrogens (primary N) is 1. The highest BCUT2D eigenvalue weighted by atomic mass is 32.2. The molecule has 0 aromatic rings. The second-order valence-corrected chi connectivity index (χ2v) is 19.7. The second-order valence-electron chi connectivity index (χ2n) is 17.0. The number of amides is 5. The Hall–Kier alpha value is -2.70. The molecule has 3 saturated carbocycles. The fourth-order valence-electron chi connectivity index (χ4n) is 7.50. The first-order valence-corrected chi connectivity index (χ1v) is 18.4. The molecule has 1 saturated heterocycles. The summed E-state index contributed by atoms with van der Waals surface area (Å²) in [5.74, 6) is -2.93. The van der Waals surface area contributed by atoms with Crippen LogP contribution in [0, 0.1) is 28.6 Å². The lowest BCUT2D eigenvalue weighted by molar-refractivity contribution is -0.145. The lowest BCUT2D eigenvalue weighted by Crippen LogP contribution is -2.64. The van der Waals surface area contributed by atoms with Crippen molar-refractivity contribution in [2.24, 2.45) is 34.3 Å². The summed E-state index contributed by atoms with van der Waals surface area (Å²) in [6, 6.07) is -3.58. The fraction of sp³-hybridized carbons (Fsp3) is 0.848. The van der Waals surface area contributed by atoms with Crippen LogP contribution in [0.4, 0.5) is 4.79 Å². The number of primary amides is 1. The summed E-state index contributed by atoms with van der Waals surface area (Å²) in [5.41, 5.74) is 3.38. The molecule has 1 heterocycles. The first-order chi connectivity index (χ1) is 21.0. The Bertz CT molecular complexity index is 1350. The maximum Gasteiger partial charge on any atom is 0.315 e. The molecule has 0 bridgehead atoms. The summed E-state index contributed by atoms with van der Waals surface area (Å²) >= 11 is 0. The minimum absolute atomic E-state index is 0.0588. The number of carbonyl (C=O) groups excluding carboxylic acids is 5. The van der Waals surface area contributed by atoms with Crippen molar-refractivity contribution in [3.05, 3.63) is 0 Å². The van der Waals surface area contributed by atoms with E-state index in [2.05, 4.69) is 16.0 Å². The van der Waals surface area contributed by atoms with Gasteiger partial charge in [-0.05, 0) is 68.6 Å². The Kier molecular flexibility index (Phi) is 9.74. The molecular weight excluding hydrogens is 610 g/mol. The van der Waals surface area contributed by atoms with Gasteiger partial charge in [0.2, 0.25) is 17.6 Å². The van der Waals surface area contributed by atoms with E-state index < -0.39 is 73.2 Å². The van der Waals surface area contributed by atoms with E-state index in [-0.39, 0.29) is 28.9 Å². The van der Waals surface area contributed by atoms with E-state index in [1.165, 1.54) is 4.90 Å². The average Bonchev–Trinajstić information content (AvgIpc) is 3.76. The average molecular weight is 666 g/mol. The SMILES string of the molecule is CC1(C)C2CN(C(=O)[C@@H](NC(=O)NC3(CS(=O)(=O)C(C)(C)C)CCCCC3)C(C)(C)C)C(C(=O)NC(CC3CC3)C(=O)C(N)=O)C21. The second kappa shape index (κ2) is 12.4. The van der Waals surface area contributed by atoms with Crippen molar-refractivity contribution in [3.63, 3.8) is 0 Å². The molecule has 4 unspecified atom stereocenters.